The van der Waals surface area contributed by atoms with Crippen molar-refractivity contribution >= 4 is 23.3 Å². The molecule has 3 aromatic rings. The second-order valence-corrected chi connectivity index (χ2v) is 4.78. The van der Waals surface area contributed by atoms with E-state index in [9.17, 15) is 13.2 Å². The van der Waals surface area contributed by atoms with Crippen LogP contribution in [0.5, 0.6) is 0 Å². The molecule has 0 bridgehead atoms. The fourth-order valence-electron chi connectivity index (χ4n) is 1.93. The molecule has 0 fully saturated rings. The van der Waals surface area contributed by atoms with Crippen LogP contribution in [0.2, 0.25) is 0 Å². The Kier molecular flexibility index (Phi) is 4.02. The third kappa shape index (κ3) is 3.59. The van der Waals surface area contributed by atoms with E-state index in [-0.39, 0.29) is 17.5 Å². The van der Waals surface area contributed by atoms with Crippen molar-refractivity contribution in [3.8, 4) is 0 Å². The summed E-state index contributed by atoms with van der Waals surface area (Å²) in [4.78, 5) is 4.05. The predicted octanol–water partition coefficient (Wildman–Crippen LogP) is 3.67. The van der Waals surface area contributed by atoms with Gasteiger partial charge in [0, 0.05) is 6.07 Å². The van der Waals surface area contributed by atoms with Crippen LogP contribution in [-0.2, 0) is 6.18 Å². The van der Waals surface area contributed by atoms with Gasteiger partial charge in [-0.15, -0.1) is 5.10 Å². The normalized spacial score (nSPS) is 11.3. The summed E-state index contributed by atoms with van der Waals surface area (Å²) in [5.74, 6) is 1.16. The Hall–Kier alpha value is -3.17. The molecule has 2 aromatic heterocycles. The number of aromatic nitrogens is 4. The van der Waals surface area contributed by atoms with Gasteiger partial charge in [-0.05, 0) is 19.1 Å². The average Bonchev–Trinajstić information content (AvgIpc) is 2.92. The van der Waals surface area contributed by atoms with Crippen molar-refractivity contribution in [2.24, 2.45) is 0 Å². The number of para-hydroxylation sites is 1. The van der Waals surface area contributed by atoms with Crippen LogP contribution in [-0.4, -0.2) is 20.3 Å². The van der Waals surface area contributed by atoms with Crippen LogP contribution in [0.3, 0.4) is 0 Å². The van der Waals surface area contributed by atoms with E-state index in [1.807, 2.05) is 0 Å². The predicted molar refractivity (Wildman–Crippen MR) is 79.1 cm³/mol. The van der Waals surface area contributed by atoms with Gasteiger partial charge in [-0.2, -0.15) is 23.3 Å². The highest BCUT2D eigenvalue weighted by atomic mass is 19.4. The number of anilines is 4. The molecule has 124 valence electrons. The molecule has 24 heavy (non-hydrogen) atoms. The molecule has 7 nitrogen and oxygen atoms in total. The molecule has 3 rings (SSSR count). The van der Waals surface area contributed by atoms with Crippen molar-refractivity contribution < 1.29 is 17.7 Å². The van der Waals surface area contributed by atoms with E-state index in [2.05, 4.69) is 31.0 Å². The summed E-state index contributed by atoms with van der Waals surface area (Å²) < 4.78 is 43.9. The molecule has 0 amide bonds. The first kappa shape index (κ1) is 15.7. The highest BCUT2D eigenvalue weighted by Crippen LogP contribution is 2.35. The van der Waals surface area contributed by atoms with Crippen molar-refractivity contribution in [2.45, 2.75) is 13.1 Å². The standard InChI is InChI=1S/C14H11F3N6O/c1-8-6-11(23-24-8)20-12-7-18-22-13(21-12)19-10-5-3-2-4-9(10)14(15,16)17/h2-7H,1H3,(H2,19,20,21,22,23). The van der Waals surface area contributed by atoms with E-state index in [1.54, 1.807) is 13.0 Å². The smallest absolute Gasteiger partial charge is 0.360 e. The lowest BCUT2D eigenvalue weighted by molar-refractivity contribution is -0.136. The molecule has 2 N–H and O–H groups in total. The quantitative estimate of drug-likeness (QED) is 0.751. The van der Waals surface area contributed by atoms with Gasteiger partial charge in [0.25, 0.3) is 0 Å². The maximum Gasteiger partial charge on any atom is 0.418 e. The summed E-state index contributed by atoms with van der Waals surface area (Å²) in [5.41, 5.74) is -0.986. The Labute approximate surface area is 133 Å². The van der Waals surface area contributed by atoms with Gasteiger partial charge >= 0.3 is 6.18 Å². The number of aryl methyl sites for hydroxylation is 1. The Morgan fingerprint density at radius 3 is 2.58 bits per heavy atom. The zero-order valence-electron chi connectivity index (χ0n) is 12.3. The number of nitrogens with one attached hydrogen (secondary N) is 2. The van der Waals surface area contributed by atoms with Gasteiger partial charge < -0.3 is 15.2 Å². The summed E-state index contributed by atoms with van der Waals surface area (Å²) in [6, 6.07) is 6.67. The Bertz CT molecular complexity index is 848. The molecule has 0 saturated carbocycles. The lowest BCUT2D eigenvalue weighted by Crippen LogP contribution is -2.10. The van der Waals surface area contributed by atoms with E-state index >= 15 is 0 Å². The number of rotatable bonds is 4. The molecule has 0 atom stereocenters. The summed E-state index contributed by atoms with van der Waals surface area (Å²) in [7, 11) is 0. The molecule has 1 aromatic carbocycles. The van der Waals surface area contributed by atoms with E-state index in [0.29, 0.717) is 11.6 Å². The first-order chi connectivity index (χ1) is 11.4. The molecular formula is C14H11F3N6O. The molecule has 0 unspecified atom stereocenters. The zero-order valence-corrected chi connectivity index (χ0v) is 12.3. The maximum absolute atomic E-state index is 13.0. The minimum Gasteiger partial charge on any atom is -0.360 e. The average molecular weight is 336 g/mol. The van der Waals surface area contributed by atoms with Crippen LogP contribution in [0.25, 0.3) is 0 Å². The van der Waals surface area contributed by atoms with Gasteiger partial charge in [-0.1, -0.05) is 17.3 Å². The monoisotopic (exact) mass is 336 g/mol. The first-order valence-electron chi connectivity index (χ1n) is 6.75. The Morgan fingerprint density at radius 1 is 1.08 bits per heavy atom. The maximum atomic E-state index is 13.0. The minimum atomic E-state index is -4.49. The molecule has 0 radical (unpaired) electrons. The number of hydrogen-bond acceptors (Lipinski definition) is 7. The van der Waals surface area contributed by atoms with Crippen LogP contribution in [0, 0.1) is 6.92 Å². The molecule has 0 spiro atoms. The van der Waals surface area contributed by atoms with Crippen molar-refractivity contribution in [1.82, 2.24) is 20.3 Å². The fourth-order valence-corrected chi connectivity index (χ4v) is 1.93. The van der Waals surface area contributed by atoms with Gasteiger partial charge in [-0.3, -0.25) is 0 Å². The third-order valence-electron chi connectivity index (χ3n) is 2.92. The molecule has 10 heteroatoms. The number of halogens is 3. The van der Waals surface area contributed by atoms with E-state index in [1.165, 1.54) is 24.4 Å². The second kappa shape index (κ2) is 6.14. The second-order valence-electron chi connectivity index (χ2n) is 4.78. The SMILES string of the molecule is Cc1cc(Nc2cnnc(Nc3ccccc3C(F)(F)F)n2)no1. The van der Waals surface area contributed by atoms with Crippen LogP contribution in [0.15, 0.2) is 41.1 Å². The van der Waals surface area contributed by atoms with Crippen LogP contribution in [0.4, 0.5) is 36.4 Å². The number of nitrogens with zero attached hydrogens (tertiary/aromatic N) is 4. The molecule has 0 aliphatic rings. The molecular weight excluding hydrogens is 325 g/mol. The first-order valence-corrected chi connectivity index (χ1v) is 6.75. The summed E-state index contributed by atoms with van der Waals surface area (Å²) >= 11 is 0. The van der Waals surface area contributed by atoms with Crippen molar-refractivity contribution in [3.63, 3.8) is 0 Å². The lowest BCUT2D eigenvalue weighted by atomic mass is 10.1. The number of hydrogen-bond donors (Lipinski definition) is 2. The van der Waals surface area contributed by atoms with Gasteiger partial charge in [0.1, 0.15) is 5.76 Å². The topological polar surface area (TPSA) is 88.8 Å². The third-order valence-corrected chi connectivity index (χ3v) is 2.92. The largest absolute Gasteiger partial charge is 0.418 e. The van der Waals surface area contributed by atoms with E-state index in [4.69, 9.17) is 4.52 Å². The summed E-state index contributed by atoms with van der Waals surface area (Å²) in [6.07, 6.45) is -3.18. The van der Waals surface area contributed by atoms with Gasteiger partial charge in [0.05, 0.1) is 17.4 Å². The van der Waals surface area contributed by atoms with Crippen molar-refractivity contribution in [2.75, 3.05) is 10.6 Å². The number of benzene rings is 1. The Balaban J connectivity index is 1.83. The van der Waals surface area contributed by atoms with E-state index < -0.39 is 11.7 Å². The Morgan fingerprint density at radius 2 is 1.88 bits per heavy atom. The highest BCUT2D eigenvalue weighted by molar-refractivity contribution is 5.60. The number of alkyl halides is 3. The highest BCUT2D eigenvalue weighted by Gasteiger charge is 2.33. The van der Waals surface area contributed by atoms with Gasteiger partial charge in [0.15, 0.2) is 11.6 Å². The van der Waals surface area contributed by atoms with Crippen LogP contribution in [0.1, 0.15) is 11.3 Å². The molecule has 0 aliphatic carbocycles. The molecule has 0 aliphatic heterocycles. The van der Waals surface area contributed by atoms with Gasteiger partial charge in [-0.25, -0.2) is 0 Å². The van der Waals surface area contributed by atoms with E-state index in [0.717, 1.165) is 6.07 Å². The fraction of sp³-hybridized carbons (Fsp3) is 0.143. The van der Waals surface area contributed by atoms with Crippen molar-refractivity contribution in [1.29, 1.82) is 0 Å². The van der Waals surface area contributed by atoms with Crippen molar-refractivity contribution in [3.05, 3.63) is 47.9 Å². The molecule has 2 heterocycles. The minimum absolute atomic E-state index is 0.0862. The summed E-state index contributed by atoms with van der Waals surface area (Å²) in [6.45, 7) is 1.72. The van der Waals surface area contributed by atoms with Gasteiger partial charge in [0.2, 0.25) is 5.95 Å². The zero-order chi connectivity index (χ0) is 17.2. The molecule has 0 saturated heterocycles. The van der Waals surface area contributed by atoms with Crippen LogP contribution < -0.4 is 10.6 Å². The lowest BCUT2D eigenvalue weighted by Gasteiger charge is -2.13. The summed E-state index contributed by atoms with van der Waals surface area (Å²) in [5, 5.41) is 16.4. The van der Waals surface area contributed by atoms with Crippen LogP contribution >= 0.6 is 0 Å².